The molecule has 0 aromatic carbocycles. The summed E-state index contributed by atoms with van der Waals surface area (Å²) in [6, 6.07) is -0.0803. The van der Waals surface area contributed by atoms with Crippen molar-refractivity contribution in [1.82, 2.24) is 9.03 Å². The lowest BCUT2D eigenvalue weighted by atomic mass is 10.1. The van der Waals surface area contributed by atoms with E-state index in [0.717, 1.165) is 38.5 Å². The smallest absolute Gasteiger partial charge is 0.279 e. The fourth-order valence-corrected chi connectivity index (χ4v) is 4.16. The summed E-state index contributed by atoms with van der Waals surface area (Å²) in [6.45, 7) is 1.31. The molecule has 0 aromatic rings. The summed E-state index contributed by atoms with van der Waals surface area (Å²) >= 11 is 0. The SMILES string of the molecule is O=S(=O)(NC(CCO)C1CC1)N1CCCCCC1. The van der Waals surface area contributed by atoms with Crippen LogP contribution in [-0.4, -0.2) is 43.6 Å². The van der Waals surface area contributed by atoms with E-state index in [4.69, 9.17) is 5.11 Å². The van der Waals surface area contributed by atoms with Crippen LogP contribution in [0.3, 0.4) is 0 Å². The highest BCUT2D eigenvalue weighted by Crippen LogP contribution is 2.34. The summed E-state index contributed by atoms with van der Waals surface area (Å²) in [5.74, 6) is 0.430. The van der Waals surface area contributed by atoms with Crippen molar-refractivity contribution in [3.63, 3.8) is 0 Å². The lowest BCUT2D eigenvalue weighted by molar-refractivity contribution is 0.263. The fourth-order valence-electron chi connectivity index (χ4n) is 2.58. The number of aliphatic hydroxyl groups excluding tert-OH is 1. The molecule has 2 fully saturated rings. The number of nitrogens with zero attached hydrogens (tertiary/aromatic N) is 1. The van der Waals surface area contributed by atoms with Gasteiger partial charge < -0.3 is 5.11 Å². The van der Waals surface area contributed by atoms with Crippen molar-refractivity contribution in [2.24, 2.45) is 5.92 Å². The standard InChI is InChI=1S/C12H24N2O3S/c15-10-7-12(11-5-6-11)13-18(16,17)14-8-3-1-2-4-9-14/h11-13,15H,1-10H2. The third-order valence-corrected chi connectivity index (χ3v) is 5.48. The summed E-state index contributed by atoms with van der Waals surface area (Å²) < 4.78 is 28.9. The Bertz CT molecular complexity index is 346. The average Bonchev–Trinajstić information content (AvgIpc) is 3.16. The Labute approximate surface area is 110 Å². The quantitative estimate of drug-likeness (QED) is 0.756. The minimum Gasteiger partial charge on any atom is -0.396 e. The van der Waals surface area contributed by atoms with E-state index in [1.165, 1.54) is 0 Å². The van der Waals surface area contributed by atoms with E-state index in [1.54, 1.807) is 4.31 Å². The van der Waals surface area contributed by atoms with Gasteiger partial charge in [-0.3, -0.25) is 0 Å². The van der Waals surface area contributed by atoms with E-state index in [9.17, 15) is 8.42 Å². The zero-order valence-electron chi connectivity index (χ0n) is 10.8. The van der Waals surface area contributed by atoms with Crippen LogP contribution in [0, 0.1) is 5.92 Å². The Morgan fingerprint density at radius 1 is 1.17 bits per heavy atom. The van der Waals surface area contributed by atoms with Crippen molar-refractivity contribution >= 4 is 10.2 Å². The first-order valence-electron chi connectivity index (χ1n) is 7.02. The molecule has 0 spiro atoms. The maximum atomic E-state index is 12.3. The lowest BCUT2D eigenvalue weighted by Crippen LogP contribution is -2.46. The minimum atomic E-state index is -3.36. The van der Waals surface area contributed by atoms with Crippen LogP contribution in [-0.2, 0) is 10.2 Å². The highest BCUT2D eigenvalue weighted by molar-refractivity contribution is 7.87. The van der Waals surface area contributed by atoms with Crippen LogP contribution >= 0.6 is 0 Å². The molecule has 1 unspecified atom stereocenters. The molecule has 1 heterocycles. The number of rotatable bonds is 6. The van der Waals surface area contributed by atoms with Gasteiger partial charge in [-0.25, -0.2) is 0 Å². The molecule has 18 heavy (non-hydrogen) atoms. The van der Waals surface area contributed by atoms with Crippen molar-refractivity contribution in [3.8, 4) is 0 Å². The first kappa shape index (κ1) is 14.2. The van der Waals surface area contributed by atoms with Gasteiger partial charge in [0.2, 0.25) is 0 Å². The molecule has 1 saturated carbocycles. The van der Waals surface area contributed by atoms with Crippen LogP contribution in [0.15, 0.2) is 0 Å². The van der Waals surface area contributed by atoms with E-state index >= 15 is 0 Å². The molecular formula is C12H24N2O3S. The van der Waals surface area contributed by atoms with Gasteiger partial charge in [-0.05, 0) is 38.0 Å². The third-order valence-electron chi connectivity index (χ3n) is 3.84. The second-order valence-corrected chi connectivity index (χ2v) is 7.09. The van der Waals surface area contributed by atoms with Gasteiger partial charge in [-0.1, -0.05) is 12.8 Å². The van der Waals surface area contributed by atoms with Crippen LogP contribution < -0.4 is 4.72 Å². The number of nitrogens with one attached hydrogen (secondary N) is 1. The second-order valence-electron chi connectivity index (χ2n) is 5.39. The monoisotopic (exact) mass is 276 g/mol. The molecule has 6 heteroatoms. The largest absolute Gasteiger partial charge is 0.396 e. The maximum absolute atomic E-state index is 12.3. The summed E-state index contributed by atoms with van der Waals surface area (Å²) in [4.78, 5) is 0. The Morgan fingerprint density at radius 3 is 2.28 bits per heavy atom. The molecule has 0 amide bonds. The molecule has 5 nitrogen and oxygen atoms in total. The van der Waals surface area contributed by atoms with Gasteiger partial charge in [0, 0.05) is 25.7 Å². The molecular weight excluding hydrogens is 252 g/mol. The first-order chi connectivity index (χ1) is 8.63. The number of aliphatic hydroxyl groups is 1. The normalized spacial score (nSPS) is 24.7. The Kier molecular flexibility index (Phi) is 5.00. The van der Waals surface area contributed by atoms with Crippen LogP contribution in [0.4, 0.5) is 0 Å². The molecule has 2 N–H and O–H groups in total. The predicted octanol–water partition coefficient (Wildman–Crippen LogP) is 0.858. The van der Waals surface area contributed by atoms with Crippen molar-refractivity contribution < 1.29 is 13.5 Å². The molecule has 1 aliphatic carbocycles. The first-order valence-corrected chi connectivity index (χ1v) is 8.46. The number of hydrogen-bond acceptors (Lipinski definition) is 3. The third kappa shape index (κ3) is 3.91. The van der Waals surface area contributed by atoms with Crippen LogP contribution in [0.2, 0.25) is 0 Å². The Balaban J connectivity index is 1.95. The van der Waals surface area contributed by atoms with Crippen molar-refractivity contribution in [3.05, 3.63) is 0 Å². The fraction of sp³-hybridized carbons (Fsp3) is 1.00. The van der Waals surface area contributed by atoms with E-state index < -0.39 is 10.2 Å². The molecule has 1 aliphatic heterocycles. The van der Waals surface area contributed by atoms with Gasteiger partial charge in [-0.15, -0.1) is 0 Å². The zero-order chi connectivity index (χ0) is 13.0. The molecule has 2 rings (SSSR count). The van der Waals surface area contributed by atoms with Crippen molar-refractivity contribution in [1.29, 1.82) is 0 Å². The molecule has 0 aromatic heterocycles. The molecule has 1 atom stereocenters. The van der Waals surface area contributed by atoms with Crippen LogP contribution in [0.1, 0.15) is 44.9 Å². The van der Waals surface area contributed by atoms with Crippen molar-refractivity contribution in [2.45, 2.75) is 51.0 Å². The van der Waals surface area contributed by atoms with E-state index in [1.807, 2.05) is 0 Å². The minimum absolute atomic E-state index is 0.0453. The second kappa shape index (κ2) is 6.32. The van der Waals surface area contributed by atoms with Crippen LogP contribution in [0.25, 0.3) is 0 Å². The number of hydrogen-bond donors (Lipinski definition) is 2. The molecule has 2 aliphatic rings. The summed E-state index contributed by atoms with van der Waals surface area (Å²) in [5, 5.41) is 9.02. The predicted molar refractivity (Wildman–Crippen MR) is 70.3 cm³/mol. The molecule has 1 saturated heterocycles. The van der Waals surface area contributed by atoms with E-state index in [2.05, 4.69) is 4.72 Å². The zero-order valence-corrected chi connectivity index (χ0v) is 11.7. The molecule has 0 radical (unpaired) electrons. The van der Waals surface area contributed by atoms with E-state index in [0.29, 0.717) is 25.4 Å². The lowest BCUT2D eigenvalue weighted by Gasteiger charge is -2.24. The highest BCUT2D eigenvalue weighted by atomic mass is 32.2. The van der Waals surface area contributed by atoms with Crippen LogP contribution in [0.5, 0.6) is 0 Å². The van der Waals surface area contributed by atoms with Gasteiger partial charge in [0.05, 0.1) is 0 Å². The van der Waals surface area contributed by atoms with Crippen molar-refractivity contribution in [2.75, 3.05) is 19.7 Å². The van der Waals surface area contributed by atoms with Gasteiger partial charge in [0.25, 0.3) is 10.2 Å². The maximum Gasteiger partial charge on any atom is 0.279 e. The summed E-state index contributed by atoms with van der Waals surface area (Å²) in [5.41, 5.74) is 0. The summed E-state index contributed by atoms with van der Waals surface area (Å²) in [6.07, 6.45) is 6.82. The Morgan fingerprint density at radius 2 is 1.78 bits per heavy atom. The topological polar surface area (TPSA) is 69.6 Å². The highest BCUT2D eigenvalue weighted by Gasteiger charge is 2.35. The summed E-state index contributed by atoms with van der Waals surface area (Å²) in [7, 11) is -3.36. The van der Waals surface area contributed by atoms with Gasteiger partial charge in [0.1, 0.15) is 0 Å². The van der Waals surface area contributed by atoms with E-state index in [-0.39, 0.29) is 12.6 Å². The molecule has 106 valence electrons. The van der Waals surface area contributed by atoms with Gasteiger partial charge in [0.15, 0.2) is 0 Å². The van der Waals surface area contributed by atoms with Gasteiger partial charge >= 0.3 is 0 Å². The average molecular weight is 276 g/mol. The van der Waals surface area contributed by atoms with Gasteiger partial charge in [-0.2, -0.15) is 17.4 Å². The Hall–Kier alpha value is -0.170. The molecule has 0 bridgehead atoms.